The third-order valence-corrected chi connectivity index (χ3v) is 2.39. The second-order valence-electron chi connectivity index (χ2n) is 3.60. The van der Waals surface area contributed by atoms with Crippen molar-refractivity contribution in [2.45, 2.75) is 0 Å². The van der Waals surface area contributed by atoms with Crippen molar-refractivity contribution in [2.24, 2.45) is 0 Å². The summed E-state index contributed by atoms with van der Waals surface area (Å²) in [6.45, 7) is 0.922. The van der Waals surface area contributed by atoms with E-state index in [1.54, 1.807) is 25.4 Å². The predicted octanol–water partition coefficient (Wildman–Crippen LogP) is 1.46. The van der Waals surface area contributed by atoms with Crippen LogP contribution in [0.5, 0.6) is 5.75 Å². The molecule has 2 rings (SSSR count). The number of methoxy groups -OCH3 is 1. The molecule has 5 nitrogen and oxygen atoms in total. The number of hydrogen-bond acceptors (Lipinski definition) is 4. The van der Waals surface area contributed by atoms with Crippen LogP contribution in [-0.2, 0) is 4.74 Å². The number of hydrogen-bond donors (Lipinski definition) is 1. The Kier molecular flexibility index (Phi) is 4.09. The van der Waals surface area contributed by atoms with Gasteiger partial charge >= 0.3 is 0 Å². The molecule has 0 bridgehead atoms. The van der Waals surface area contributed by atoms with Crippen molar-refractivity contribution in [3.63, 3.8) is 0 Å². The standard InChI is InChI=1S/C13H14N2O3/c1-17-8-9-18-11-5-3-2-4-10(11)12-13(16)15-7-6-14-12/h2-7H,8-9H2,1H3,(H,15,16). The first kappa shape index (κ1) is 12.3. The first-order chi connectivity index (χ1) is 8.83. The normalized spacial score (nSPS) is 10.3. The van der Waals surface area contributed by atoms with E-state index in [9.17, 15) is 4.79 Å². The lowest BCUT2D eigenvalue weighted by atomic mass is 10.1. The van der Waals surface area contributed by atoms with Crippen LogP contribution < -0.4 is 10.3 Å². The van der Waals surface area contributed by atoms with Crippen LogP contribution in [0.3, 0.4) is 0 Å². The van der Waals surface area contributed by atoms with Gasteiger partial charge in [0.15, 0.2) is 0 Å². The summed E-state index contributed by atoms with van der Waals surface area (Å²) in [6.07, 6.45) is 3.04. The summed E-state index contributed by atoms with van der Waals surface area (Å²) < 4.78 is 10.5. The fourth-order valence-electron chi connectivity index (χ4n) is 1.57. The summed E-state index contributed by atoms with van der Waals surface area (Å²) in [6, 6.07) is 7.30. The zero-order valence-corrected chi connectivity index (χ0v) is 10.1. The van der Waals surface area contributed by atoms with Crippen LogP contribution in [0.4, 0.5) is 0 Å². The first-order valence-corrected chi connectivity index (χ1v) is 5.58. The Labute approximate surface area is 104 Å². The van der Waals surface area contributed by atoms with Gasteiger partial charge in [0, 0.05) is 25.1 Å². The number of ether oxygens (including phenoxy) is 2. The van der Waals surface area contributed by atoms with Crippen molar-refractivity contribution in [1.82, 2.24) is 9.97 Å². The van der Waals surface area contributed by atoms with Crippen LogP contribution in [-0.4, -0.2) is 30.3 Å². The second-order valence-corrected chi connectivity index (χ2v) is 3.60. The van der Waals surface area contributed by atoms with Gasteiger partial charge in [-0.15, -0.1) is 0 Å². The van der Waals surface area contributed by atoms with Gasteiger partial charge in [-0.05, 0) is 12.1 Å². The average Bonchev–Trinajstić information content (AvgIpc) is 2.40. The molecule has 1 aromatic heterocycles. The SMILES string of the molecule is COCCOc1ccccc1-c1ncc[nH]c1=O. The molecule has 0 amide bonds. The third-order valence-electron chi connectivity index (χ3n) is 2.39. The Hall–Kier alpha value is -2.14. The quantitative estimate of drug-likeness (QED) is 0.811. The molecule has 0 aliphatic rings. The molecule has 1 aromatic carbocycles. The summed E-state index contributed by atoms with van der Waals surface area (Å²) in [5.74, 6) is 0.624. The highest BCUT2D eigenvalue weighted by Gasteiger charge is 2.10. The molecular weight excluding hydrogens is 232 g/mol. The maximum absolute atomic E-state index is 11.7. The Morgan fingerprint density at radius 3 is 2.89 bits per heavy atom. The predicted molar refractivity (Wildman–Crippen MR) is 67.7 cm³/mol. The van der Waals surface area contributed by atoms with Gasteiger partial charge in [0.05, 0.1) is 6.61 Å². The molecule has 0 unspecified atom stereocenters. The first-order valence-electron chi connectivity index (χ1n) is 5.58. The van der Waals surface area contributed by atoms with Gasteiger partial charge in [-0.2, -0.15) is 0 Å². The van der Waals surface area contributed by atoms with Gasteiger partial charge in [0.1, 0.15) is 18.1 Å². The van der Waals surface area contributed by atoms with Crippen molar-refractivity contribution in [3.05, 3.63) is 47.0 Å². The van der Waals surface area contributed by atoms with Crippen LogP contribution in [0.25, 0.3) is 11.3 Å². The lowest BCUT2D eigenvalue weighted by molar-refractivity contribution is 0.146. The fraction of sp³-hybridized carbons (Fsp3) is 0.231. The molecule has 0 fully saturated rings. The molecule has 1 heterocycles. The number of nitrogens with zero attached hydrogens (tertiary/aromatic N) is 1. The van der Waals surface area contributed by atoms with E-state index in [0.29, 0.717) is 30.2 Å². The van der Waals surface area contributed by atoms with E-state index in [1.807, 2.05) is 12.1 Å². The van der Waals surface area contributed by atoms with E-state index in [1.165, 1.54) is 6.20 Å². The van der Waals surface area contributed by atoms with Crippen LogP contribution in [0.1, 0.15) is 0 Å². The second kappa shape index (κ2) is 5.97. The molecule has 0 saturated heterocycles. The van der Waals surface area contributed by atoms with E-state index in [4.69, 9.17) is 9.47 Å². The number of benzene rings is 1. The minimum absolute atomic E-state index is 0.236. The summed E-state index contributed by atoms with van der Waals surface area (Å²) in [5.41, 5.74) is 0.793. The molecule has 0 saturated carbocycles. The van der Waals surface area contributed by atoms with Crippen molar-refractivity contribution in [2.75, 3.05) is 20.3 Å². The van der Waals surface area contributed by atoms with E-state index < -0.39 is 0 Å². The highest BCUT2D eigenvalue weighted by Crippen LogP contribution is 2.25. The van der Waals surface area contributed by atoms with Gasteiger partial charge in [-0.1, -0.05) is 12.1 Å². The number of H-pyrrole nitrogens is 1. The van der Waals surface area contributed by atoms with Crippen molar-refractivity contribution in [3.8, 4) is 17.0 Å². The molecule has 94 valence electrons. The summed E-state index contributed by atoms with van der Waals surface area (Å²) >= 11 is 0. The number of para-hydroxylation sites is 1. The fourth-order valence-corrected chi connectivity index (χ4v) is 1.57. The van der Waals surface area contributed by atoms with E-state index in [-0.39, 0.29) is 5.56 Å². The Bertz CT molecular complexity index is 566. The van der Waals surface area contributed by atoms with E-state index in [2.05, 4.69) is 9.97 Å². The molecule has 2 aromatic rings. The number of aromatic nitrogens is 2. The smallest absolute Gasteiger partial charge is 0.274 e. The number of aromatic amines is 1. The average molecular weight is 246 g/mol. The van der Waals surface area contributed by atoms with Crippen LogP contribution in [0.2, 0.25) is 0 Å². The summed E-state index contributed by atoms with van der Waals surface area (Å²) in [5, 5.41) is 0. The highest BCUT2D eigenvalue weighted by atomic mass is 16.5. The highest BCUT2D eigenvalue weighted by molar-refractivity contribution is 5.66. The molecule has 0 atom stereocenters. The molecule has 0 spiro atoms. The molecule has 0 aliphatic carbocycles. The molecule has 1 N–H and O–H groups in total. The molecule has 0 radical (unpaired) electrons. The topological polar surface area (TPSA) is 64.2 Å². The Balaban J connectivity index is 2.33. The van der Waals surface area contributed by atoms with E-state index >= 15 is 0 Å². The van der Waals surface area contributed by atoms with Crippen molar-refractivity contribution >= 4 is 0 Å². The van der Waals surface area contributed by atoms with Gasteiger partial charge in [0.2, 0.25) is 0 Å². The maximum atomic E-state index is 11.7. The third kappa shape index (κ3) is 2.75. The molecule has 18 heavy (non-hydrogen) atoms. The summed E-state index contributed by atoms with van der Waals surface area (Å²) in [7, 11) is 1.61. The minimum Gasteiger partial charge on any atom is -0.490 e. The van der Waals surface area contributed by atoms with Gasteiger partial charge in [-0.25, -0.2) is 4.98 Å². The molecule has 0 aliphatic heterocycles. The summed E-state index contributed by atoms with van der Waals surface area (Å²) in [4.78, 5) is 18.4. The van der Waals surface area contributed by atoms with Gasteiger partial charge in [0.25, 0.3) is 5.56 Å². The monoisotopic (exact) mass is 246 g/mol. The van der Waals surface area contributed by atoms with Crippen LogP contribution in [0, 0.1) is 0 Å². The van der Waals surface area contributed by atoms with Gasteiger partial charge < -0.3 is 14.5 Å². The lowest BCUT2D eigenvalue weighted by Gasteiger charge is -2.09. The van der Waals surface area contributed by atoms with Crippen LogP contribution in [0.15, 0.2) is 41.5 Å². The number of nitrogens with one attached hydrogen (secondary N) is 1. The van der Waals surface area contributed by atoms with Gasteiger partial charge in [-0.3, -0.25) is 4.79 Å². The Morgan fingerprint density at radius 2 is 2.11 bits per heavy atom. The minimum atomic E-state index is -0.236. The van der Waals surface area contributed by atoms with Crippen molar-refractivity contribution < 1.29 is 9.47 Å². The maximum Gasteiger partial charge on any atom is 0.274 e. The van der Waals surface area contributed by atoms with Crippen molar-refractivity contribution in [1.29, 1.82) is 0 Å². The zero-order valence-electron chi connectivity index (χ0n) is 10.1. The largest absolute Gasteiger partial charge is 0.490 e. The molecular formula is C13H14N2O3. The molecule has 5 heteroatoms. The van der Waals surface area contributed by atoms with E-state index in [0.717, 1.165) is 0 Å². The Morgan fingerprint density at radius 1 is 1.28 bits per heavy atom. The zero-order chi connectivity index (χ0) is 12.8. The lowest BCUT2D eigenvalue weighted by Crippen LogP contribution is -2.11. The van der Waals surface area contributed by atoms with Crippen LogP contribution >= 0.6 is 0 Å². The number of rotatable bonds is 5.